The molecule has 0 aliphatic carbocycles. The van der Waals surface area contributed by atoms with Crippen LogP contribution in [0.3, 0.4) is 0 Å². The van der Waals surface area contributed by atoms with Gasteiger partial charge < -0.3 is 10.1 Å². The maximum Gasteiger partial charge on any atom is 0.347 e. The van der Waals surface area contributed by atoms with Crippen molar-refractivity contribution < 1.29 is 14.3 Å². The SMILES string of the molecule is CCOC(=O)C(C#N)(Cc1ccccc1)NC(C)=O. The molecule has 5 nitrogen and oxygen atoms in total. The average molecular weight is 260 g/mol. The van der Waals surface area contributed by atoms with E-state index in [4.69, 9.17) is 4.74 Å². The number of ether oxygens (including phenoxy) is 1. The molecule has 1 atom stereocenters. The molecule has 100 valence electrons. The molecule has 1 rings (SSSR count). The molecule has 5 heteroatoms. The maximum atomic E-state index is 12.0. The van der Waals surface area contributed by atoms with Crippen LogP contribution in [0.4, 0.5) is 0 Å². The molecule has 1 N–H and O–H groups in total. The lowest BCUT2D eigenvalue weighted by molar-refractivity contribution is -0.150. The number of carbonyl (C=O) groups excluding carboxylic acids is 2. The number of hydrogen-bond acceptors (Lipinski definition) is 4. The van der Waals surface area contributed by atoms with Gasteiger partial charge in [-0.2, -0.15) is 5.26 Å². The first-order valence-electron chi connectivity index (χ1n) is 5.95. The molecule has 0 spiro atoms. The lowest BCUT2D eigenvalue weighted by Crippen LogP contribution is -2.55. The Balaban J connectivity index is 3.07. The normalized spacial score (nSPS) is 12.9. The molecule has 0 aliphatic rings. The van der Waals surface area contributed by atoms with Gasteiger partial charge >= 0.3 is 5.97 Å². The summed E-state index contributed by atoms with van der Waals surface area (Å²) in [6, 6.07) is 10.9. The van der Waals surface area contributed by atoms with E-state index in [1.54, 1.807) is 31.2 Å². The van der Waals surface area contributed by atoms with E-state index in [9.17, 15) is 14.9 Å². The lowest BCUT2D eigenvalue weighted by Gasteiger charge is -2.25. The molecule has 1 aromatic rings. The Hall–Kier alpha value is -2.35. The van der Waals surface area contributed by atoms with E-state index < -0.39 is 17.4 Å². The Labute approximate surface area is 112 Å². The summed E-state index contributed by atoms with van der Waals surface area (Å²) in [7, 11) is 0. The molecule has 1 unspecified atom stereocenters. The Morgan fingerprint density at radius 3 is 2.47 bits per heavy atom. The van der Waals surface area contributed by atoms with Crippen LogP contribution in [0, 0.1) is 11.3 Å². The number of nitrogens with one attached hydrogen (secondary N) is 1. The van der Waals surface area contributed by atoms with Gasteiger partial charge in [0, 0.05) is 13.3 Å². The largest absolute Gasteiger partial charge is 0.463 e. The molecule has 19 heavy (non-hydrogen) atoms. The number of carbonyl (C=O) groups is 2. The summed E-state index contributed by atoms with van der Waals surface area (Å²) < 4.78 is 4.90. The molecule has 0 heterocycles. The van der Waals surface area contributed by atoms with Crippen LogP contribution in [0.5, 0.6) is 0 Å². The fourth-order valence-electron chi connectivity index (χ4n) is 1.74. The van der Waals surface area contributed by atoms with Crippen LogP contribution in [0.15, 0.2) is 30.3 Å². The van der Waals surface area contributed by atoms with Gasteiger partial charge in [-0.25, -0.2) is 4.79 Å². The molecular weight excluding hydrogens is 244 g/mol. The molecule has 0 saturated carbocycles. The first-order valence-corrected chi connectivity index (χ1v) is 5.95. The van der Waals surface area contributed by atoms with E-state index in [0.29, 0.717) is 0 Å². The Morgan fingerprint density at radius 1 is 1.37 bits per heavy atom. The Kier molecular flexibility index (Phi) is 5.07. The van der Waals surface area contributed by atoms with Gasteiger partial charge in [0.05, 0.1) is 6.61 Å². The molecule has 0 fully saturated rings. The summed E-state index contributed by atoms with van der Waals surface area (Å²) in [4.78, 5) is 23.2. The number of nitriles is 1. The zero-order valence-electron chi connectivity index (χ0n) is 11.0. The monoisotopic (exact) mass is 260 g/mol. The zero-order valence-corrected chi connectivity index (χ0v) is 11.0. The molecule has 0 radical (unpaired) electrons. The van der Waals surface area contributed by atoms with Crippen molar-refractivity contribution in [3.05, 3.63) is 35.9 Å². The standard InChI is InChI=1S/C14H16N2O3/c1-3-19-13(18)14(10-15,16-11(2)17)9-12-7-5-4-6-8-12/h4-8H,3,9H2,1-2H3,(H,16,17). The number of rotatable bonds is 5. The maximum absolute atomic E-state index is 12.0. The van der Waals surface area contributed by atoms with Gasteiger partial charge in [0.1, 0.15) is 6.07 Å². The quantitative estimate of drug-likeness (QED) is 0.806. The van der Waals surface area contributed by atoms with Gasteiger partial charge in [-0.1, -0.05) is 30.3 Å². The van der Waals surface area contributed by atoms with Crippen LogP contribution < -0.4 is 5.32 Å². The Morgan fingerprint density at radius 2 is 2.00 bits per heavy atom. The topological polar surface area (TPSA) is 79.2 Å². The van der Waals surface area contributed by atoms with Gasteiger partial charge in [0.25, 0.3) is 0 Å². The van der Waals surface area contributed by atoms with Crippen molar-refractivity contribution in [3.8, 4) is 6.07 Å². The van der Waals surface area contributed by atoms with E-state index in [0.717, 1.165) is 5.56 Å². The number of nitrogens with zero attached hydrogens (tertiary/aromatic N) is 1. The van der Waals surface area contributed by atoms with Crippen LogP contribution in [0.1, 0.15) is 19.4 Å². The third-order valence-corrected chi connectivity index (χ3v) is 2.52. The van der Waals surface area contributed by atoms with E-state index in [2.05, 4.69) is 5.32 Å². The van der Waals surface area contributed by atoms with E-state index in [1.807, 2.05) is 12.1 Å². The second-order valence-electron chi connectivity index (χ2n) is 4.08. The third-order valence-electron chi connectivity index (χ3n) is 2.52. The summed E-state index contributed by atoms with van der Waals surface area (Å²) >= 11 is 0. The summed E-state index contributed by atoms with van der Waals surface area (Å²) in [6.45, 7) is 3.06. The predicted octanol–water partition coefficient (Wildman–Crippen LogP) is 1.19. The molecule has 0 aliphatic heterocycles. The van der Waals surface area contributed by atoms with Crippen LogP contribution in [-0.4, -0.2) is 24.0 Å². The molecule has 0 saturated heterocycles. The highest BCUT2D eigenvalue weighted by Crippen LogP contribution is 2.15. The molecule has 0 bridgehead atoms. The highest BCUT2D eigenvalue weighted by molar-refractivity contribution is 5.90. The van der Waals surface area contributed by atoms with Crippen molar-refractivity contribution >= 4 is 11.9 Å². The van der Waals surface area contributed by atoms with E-state index >= 15 is 0 Å². The van der Waals surface area contributed by atoms with Crippen molar-refractivity contribution in [3.63, 3.8) is 0 Å². The summed E-state index contributed by atoms with van der Waals surface area (Å²) in [5.74, 6) is -1.19. The van der Waals surface area contributed by atoms with Crippen molar-refractivity contribution in [2.24, 2.45) is 0 Å². The smallest absolute Gasteiger partial charge is 0.347 e. The fraction of sp³-hybridized carbons (Fsp3) is 0.357. The summed E-state index contributed by atoms with van der Waals surface area (Å²) in [6.07, 6.45) is 0.0722. The van der Waals surface area contributed by atoms with Crippen LogP contribution in [-0.2, 0) is 20.7 Å². The zero-order chi connectivity index (χ0) is 14.3. The fourth-order valence-corrected chi connectivity index (χ4v) is 1.74. The number of benzene rings is 1. The molecular formula is C14H16N2O3. The minimum atomic E-state index is -1.68. The number of hydrogen-bond donors (Lipinski definition) is 1. The van der Waals surface area contributed by atoms with Gasteiger partial charge in [-0.05, 0) is 12.5 Å². The predicted molar refractivity (Wildman–Crippen MR) is 68.9 cm³/mol. The molecule has 0 aromatic heterocycles. The summed E-state index contributed by atoms with van der Waals surface area (Å²) in [5, 5.41) is 11.7. The molecule has 1 aromatic carbocycles. The minimum Gasteiger partial charge on any atom is -0.463 e. The van der Waals surface area contributed by atoms with Crippen molar-refractivity contribution in [2.75, 3.05) is 6.61 Å². The van der Waals surface area contributed by atoms with E-state index in [-0.39, 0.29) is 13.0 Å². The first kappa shape index (κ1) is 14.7. The average Bonchev–Trinajstić information content (AvgIpc) is 2.38. The third kappa shape index (κ3) is 3.81. The second-order valence-corrected chi connectivity index (χ2v) is 4.08. The number of amides is 1. The number of esters is 1. The van der Waals surface area contributed by atoms with E-state index in [1.165, 1.54) is 6.92 Å². The minimum absolute atomic E-state index is 0.0722. The van der Waals surface area contributed by atoms with Gasteiger partial charge in [-0.15, -0.1) is 0 Å². The highest BCUT2D eigenvalue weighted by Gasteiger charge is 2.41. The van der Waals surface area contributed by atoms with Crippen LogP contribution >= 0.6 is 0 Å². The van der Waals surface area contributed by atoms with Crippen molar-refractivity contribution in [2.45, 2.75) is 25.8 Å². The first-order chi connectivity index (χ1) is 9.04. The van der Waals surface area contributed by atoms with Crippen LogP contribution in [0.25, 0.3) is 0 Å². The molecule has 1 amide bonds. The van der Waals surface area contributed by atoms with Crippen molar-refractivity contribution in [1.29, 1.82) is 5.26 Å². The summed E-state index contributed by atoms with van der Waals surface area (Å²) in [5.41, 5.74) is -0.908. The van der Waals surface area contributed by atoms with Crippen LogP contribution in [0.2, 0.25) is 0 Å². The Bertz CT molecular complexity index is 493. The van der Waals surface area contributed by atoms with Gasteiger partial charge in [-0.3, -0.25) is 4.79 Å². The second kappa shape index (κ2) is 6.55. The highest BCUT2D eigenvalue weighted by atomic mass is 16.5. The van der Waals surface area contributed by atoms with Crippen molar-refractivity contribution in [1.82, 2.24) is 5.32 Å². The van der Waals surface area contributed by atoms with Gasteiger partial charge in [0.2, 0.25) is 11.4 Å². The van der Waals surface area contributed by atoms with Gasteiger partial charge in [0.15, 0.2) is 0 Å². The lowest BCUT2D eigenvalue weighted by atomic mass is 9.92.